The molecule has 0 radical (unpaired) electrons. The Morgan fingerprint density at radius 2 is 1.71 bits per heavy atom. The van der Waals surface area contributed by atoms with Crippen molar-refractivity contribution in [3.8, 4) is 5.69 Å². The second-order valence-corrected chi connectivity index (χ2v) is 8.20. The molecule has 10 heteroatoms. The fourth-order valence-corrected chi connectivity index (χ4v) is 3.33. The maximum absolute atomic E-state index is 13.3. The normalized spacial score (nSPS) is 11.4. The highest BCUT2D eigenvalue weighted by Gasteiger charge is 2.31. The van der Waals surface area contributed by atoms with Crippen molar-refractivity contribution in [1.29, 1.82) is 0 Å². The Labute approximate surface area is 195 Å². The van der Waals surface area contributed by atoms with Crippen molar-refractivity contribution < 1.29 is 22.8 Å². The van der Waals surface area contributed by atoms with E-state index in [4.69, 9.17) is 0 Å². The molecule has 1 heterocycles. The number of benzene rings is 2. The number of nitrogens with one attached hydrogen (secondary N) is 3. The van der Waals surface area contributed by atoms with Crippen LogP contribution < -0.4 is 16.0 Å². The average Bonchev–Trinajstić information content (AvgIpc) is 3.09. The van der Waals surface area contributed by atoms with E-state index in [0.717, 1.165) is 17.7 Å². The molecule has 34 heavy (non-hydrogen) atoms. The number of amides is 3. The number of carbonyl (C=O) groups excluding carboxylic acids is 2. The van der Waals surface area contributed by atoms with Crippen molar-refractivity contribution in [3.63, 3.8) is 0 Å². The van der Waals surface area contributed by atoms with Crippen LogP contribution in [0.4, 0.5) is 23.7 Å². The van der Waals surface area contributed by atoms with E-state index in [1.807, 2.05) is 13.8 Å². The van der Waals surface area contributed by atoms with Gasteiger partial charge in [0.2, 0.25) is 0 Å². The van der Waals surface area contributed by atoms with Gasteiger partial charge in [0.05, 0.1) is 22.6 Å². The van der Waals surface area contributed by atoms with Crippen LogP contribution >= 0.6 is 0 Å². The van der Waals surface area contributed by atoms with Gasteiger partial charge in [-0.15, -0.1) is 0 Å². The molecule has 0 bridgehead atoms. The van der Waals surface area contributed by atoms with Gasteiger partial charge in [0.25, 0.3) is 5.91 Å². The summed E-state index contributed by atoms with van der Waals surface area (Å²) >= 11 is 0. The molecule has 0 aliphatic carbocycles. The summed E-state index contributed by atoms with van der Waals surface area (Å²) in [5.74, 6) is -0.570. The molecule has 0 fully saturated rings. The molecular weight excluding hydrogens is 447 g/mol. The molecule has 1 aromatic heterocycles. The maximum Gasteiger partial charge on any atom is 0.416 e. The average molecular weight is 473 g/mol. The van der Waals surface area contributed by atoms with Crippen LogP contribution in [0, 0.1) is 13.8 Å². The number of alkyl halides is 3. The van der Waals surface area contributed by atoms with E-state index in [1.165, 1.54) is 10.7 Å². The van der Waals surface area contributed by atoms with E-state index in [1.54, 1.807) is 44.2 Å². The molecule has 0 aliphatic heterocycles. The van der Waals surface area contributed by atoms with Gasteiger partial charge in [0, 0.05) is 23.8 Å². The molecule has 0 spiro atoms. The van der Waals surface area contributed by atoms with Gasteiger partial charge < -0.3 is 16.0 Å². The fraction of sp³-hybridized carbons (Fsp3) is 0.292. The molecule has 3 aromatic rings. The zero-order valence-electron chi connectivity index (χ0n) is 19.2. The minimum absolute atomic E-state index is 0.00116. The molecule has 180 valence electrons. The van der Waals surface area contributed by atoms with Gasteiger partial charge in [-0.3, -0.25) is 4.79 Å². The minimum atomic E-state index is -4.57. The predicted octanol–water partition coefficient (Wildman–Crippen LogP) is 4.97. The predicted molar refractivity (Wildman–Crippen MR) is 123 cm³/mol. The standard InChI is InChI=1S/C24H26F3N5O2/c1-14(2)29-23(34)28-13-17-5-7-18(8-6-17)22(33)30-20-12-19(24(25,26)27)9-10-21(20)32-16(4)11-15(3)31-32/h5-12,14H,13H2,1-4H3,(H,30,33)(H2,28,29,34). The Morgan fingerprint density at radius 3 is 2.26 bits per heavy atom. The van der Waals surface area contributed by atoms with Gasteiger partial charge in [-0.25, -0.2) is 9.48 Å². The second-order valence-electron chi connectivity index (χ2n) is 8.20. The van der Waals surface area contributed by atoms with Crippen molar-refractivity contribution in [2.45, 2.75) is 46.5 Å². The van der Waals surface area contributed by atoms with E-state index < -0.39 is 17.6 Å². The van der Waals surface area contributed by atoms with E-state index in [2.05, 4.69) is 21.0 Å². The highest BCUT2D eigenvalue weighted by molar-refractivity contribution is 6.05. The number of halogens is 3. The lowest BCUT2D eigenvalue weighted by atomic mass is 10.1. The molecule has 0 unspecified atom stereocenters. The molecule has 7 nitrogen and oxygen atoms in total. The summed E-state index contributed by atoms with van der Waals surface area (Å²) in [7, 11) is 0. The van der Waals surface area contributed by atoms with Crippen molar-refractivity contribution in [1.82, 2.24) is 20.4 Å². The van der Waals surface area contributed by atoms with Crippen molar-refractivity contribution >= 4 is 17.6 Å². The third kappa shape index (κ3) is 6.15. The summed E-state index contributed by atoms with van der Waals surface area (Å²) in [6.45, 7) is 7.50. The Morgan fingerprint density at radius 1 is 1.03 bits per heavy atom. The summed E-state index contributed by atoms with van der Waals surface area (Å²) in [5, 5.41) is 12.3. The lowest BCUT2D eigenvalue weighted by molar-refractivity contribution is -0.137. The van der Waals surface area contributed by atoms with Crippen molar-refractivity contribution in [2.24, 2.45) is 0 Å². The van der Waals surface area contributed by atoms with Gasteiger partial charge in [-0.2, -0.15) is 18.3 Å². The van der Waals surface area contributed by atoms with E-state index >= 15 is 0 Å². The molecule has 3 rings (SSSR count). The Hall–Kier alpha value is -3.82. The minimum Gasteiger partial charge on any atom is -0.336 e. The largest absolute Gasteiger partial charge is 0.416 e. The first-order chi connectivity index (χ1) is 15.9. The molecule has 0 aliphatic rings. The van der Waals surface area contributed by atoms with Gasteiger partial charge in [0.15, 0.2) is 0 Å². The Kier molecular flexibility index (Phi) is 7.29. The van der Waals surface area contributed by atoms with Crippen molar-refractivity contribution in [3.05, 3.63) is 76.6 Å². The number of anilines is 1. The number of nitrogens with zero attached hydrogens (tertiary/aromatic N) is 2. The molecule has 0 saturated heterocycles. The first-order valence-electron chi connectivity index (χ1n) is 10.6. The van der Waals surface area contributed by atoms with Crippen LogP contribution in [-0.2, 0) is 12.7 Å². The molecule has 0 saturated carbocycles. The van der Waals surface area contributed by atoms with Crippen LogP contribution in [0.5, 0.6) is 0 Å². The highest BCUT2D eigenvalue weighted by Crippen LogP contribution is 2.34. The topological polar surface area (TPSA) is 88.0 Å². The number of rotatable bonds is 6. The van der Waals surface area contributed by atoms with Crippen LogP contribution in [0.2, 0.25) is 0 Å². The Balaban J connectivity index is 1.81. The van der Waals surface area contributed by atoms with Gasteiger partial charge in [-0.05, 0) is 69.7 Å². The third-order valence-electron chi connectivity index (χ3n) is 4.90. The molecule has 2 aromatic carbocycles. The first-order valence-corrected chi connectivity index (χ1v) is 10.6. The maximum atomic E-state index is 13.3. The number of hydrogen-bond acceptors (Lipinski definition) is 3. The SMILES string of the molecule is Cc1cc(C)n(-c2ccc(C(F)(F)F)cc2NC(=O)c2ccc(CNC(=O)NC(C)C)cc2)n1. The quantitative estimate of drug-likeness (QED) is 0.473. The van der Waals surface area contributed by atoms with E-state index in [0.29, 0.717) is 17.1 Å². The van der Waals surface area contributed by atoms with Crippen LogP contribution in [0.3, 0.4) is 0 Å². The third-order valence-corrected chi connectivity index (χ3v) is 4.90. The van der Waals surface area contributed by atoms with Gasteiger partial charge in [0.1, 0.15) is 0 Å². The Bertz CT molecular complexity index is 1180. The van der Waals surface area contributed by atoms with E-state index in [-0.39, 0.29) is 29.9 Å². The van der Waals surface area contributed by atoms with Crippen molar-refractivity contribution in [2.75, 3.05) is 5.32 Å². The van der Waals surface area contributed by atoms with Crippen LogP contribution in [0.25, 0.3) is 5.69 Å². The second kappa shape index (κ2) is 9.98. The smallest absolute Gasteiger partial charge is 0.336 e. The van der Waals surface area contributed by atoms with Crippen LogP contribution in [0.15, 0.2) is 48.5 Å². The van der Waals surface area contributed by atoms with Gasteiger partial charge >= 0.3 is 12.2 Å². The summed E-state index contributed by atoms with van der Waals surface area (Å²) in [6.07, 6.45) is -4.57. The van der Waals surface area contributed by atoms with Gasteiger partial charge in [-0.1, -0.05) is 12.1 Å². The zero-order chi connectivity index (χ0) is 25.0. The molecule has 3 N–H and O–H groups in total. The molecule has 3 amide bonds. The zero-order valence-corrected chi connectivity index (χ0v) is 19.2. The lowest BCUT2D eigenvalue weighted by Gasteiger charge is -2.16. The molecular formula is C24H26F3N5O2. The lowest BCUT2D eigenvalue weighted by Crippen LogP contribution is -2.39. The highest BCUT2D eigenvalue weighted by atomic mass is 19.4. The number of hydrogen-bond donors (Lipinski definition) is 3. The number of carbonyl (C=O) groups is 2. The van der Waals surface area contributed by atoms with E-state index in [9.17, 15) is 22.8 Å². The summed E-state index contributed by atoms with van der Waals surface area (Å²) in [5.41, 5.74) is 1.86. The summed E-state index contributed by atoms with van der Waals surface area (Å²) in [6, 6.07) is 11.0. The van der Waals surface area contributed by atoms with Crippen LogP contribution in [-0.4, -0.2) is 27.8 Å². The number of aryl methyl sites for hydroxylation is 2. The monoisotopic (exact) mass is 473 g/mol. The van der Waals surface area contributed by atoms with Crippen LogP contribution in [0.1, 0.15) is 46.7 Å². The summed E-state index contributed by atoms with van der Waals surface area (Å²) < 4.78 is 41.4. The fourth-order valence-electron chi connectivity index (χ4n) is 3.33. The molecule has 0 atom stereocenters. The number of aromatic nitrogens is 2. The summed E-state index contributed by atoms with van der Waals surface area (Å²) in [4.78, 5) is 24.5. The number of urea groups is 1. The first kappa shape index (κ1) is 24.8.